The predicted molar refractivity (Wildman–Crippen MR) is 68.1 cm³/mol. The molecule has 104 valence electrons. The first kappa shape index (κ1) is 11.6. The summed E-state index contributed by atoms with van der Waals surface area (Å²) in [6.45, 7) is 1.36. The lowest BCUT2D eigenvalue weighted by molar-refractivity contribution is 0.0745. The Labute approximate surface area is 115 Å². The molecule has 0 spiro atoms. The van der Waals surface area contributed by atoms with Gasteiger partial charge >= 0.3 is 0 Å². The van der Waals surface area contributed by atoms with Crippen molar-refractivity contribution in [2.75, 3.05) is 13.1 Å². The molecule has 2 aromatic rings. The molecule has 2 aromatic heterocycles. The largest absolute Gasteiger partial charge is 0.351 e. The van der Waals surface area contributed by atoms with Crippen molar-refractivity contribution in [3.63, 3.8) is 0 Å². The molecule has 2 aliphatic rings. The minimum absolute atomic E-state index is 0.104. The van der Waals surface area contributed by atoms with Crippen LogP contribution < -0.4 is 0 Å². The summed E-state index contributed by atoms with van der Waals surface area (Å²) in [6.07, 6.45) is 6.86. The Morgan fingerprint density at radius 3 is 3.00 bits per heavy atom. The van der Waals surface area contributed by atoms with Crippen LogP contribution in [0.4, 0.5) is 0 Å². The van der Waals surface area contributed by atoms with Crippen molar-refractivity contribution in [3.05, 3.63) is 29.9 Å². The highest BCUT2D eigenvalue weighted by Crippen LogP contribution is 2.39. The van der Waals surface area contributed by atoms with Crippen LogP contribution in [0.2, 0.25) is 0 Å². The fourth-order valence-electron chi connectivity index (χ4n) is 2.66. The highest BCUT2D eigenvalue weighted by atomic mass is 16.5. The van der Waals surface area contributed by atoms with Crippen molar-refractivity contribution < 1.29 is 9.32 Å². The zero-order valence-corrected chi connectivity index (χ0v) is 11.0. The van der Waals surface area contributed by atoms with Crippen molar-refractivity contribution in [3.8, 4) is 0 Å². The molecule has 0 aromatic carbocycles. The van der Waals surface area contributed by atoms with Gasteiger partial charge in [0.25, 0.3) is 5.91 Å². The summed E-state index contributed by atoms with van der Waals surface area (Å²) in [7, 11) is 0. The second kappa shape index (κ2) is 4.43. The summed E-state index contributed by atoms with van der Waals surface area (Å²) in [5, 5.41) is 12.0. The van der Waals surface area contributed by atoms with Crippen molar-refractivity contribution in [2.45, 2.75) is 31.2 Å². The molecule has 7 heteroatoms. The van der Waals surface area contributed by atoms with E-state index in [1.807, 2.05) is 10.9 Å². The van der Waals surface area contributed by atoms with E-state index in [2.05, 4.69) is 15.5 Å². The maximum atomic E-state index is 12.2. The van der Waals surface area contributed by atoms with Gasteiger partial charge in [-0.1, -0.05) is 10.4 Å². The van der Waals surface area contributed by atoms with E-state index in [0.717, 1.165) is 12.1 Å². The fraction of sp³-hybridized carbons (Fsp3) is 0.538. The van der Waals surface area contributed by atoms with Gasteiger partial charge in [0.2, 0.25) is 5.76 Å². The van der Waals surface area contributed by atoms with E-state index in [4.69, 9.17) is 4.52 Å². The highest BCUT2D eigenvalue weighted by molar-refractivity contribution is 5.91. The number of aromatic nitrogens is 4. The maximum absolute atomic E-state index is 12.2. The summed E-state index contributed by atoms with van der Waals surface area (Å²) in [5.74, 6) is 0.799. The third-order valence-corrected chi connectivity index (χ3v) is 4.00. The Morgan fingerprint density at radius 1 is 1.35 bits per heavy atom. The van der Waals surface area contributed by atoms with Crippen LogP contribution in [-0.4, -0.2) is 44.0 Å². The van der Waals surface area contributed by atoms with Crippen LogP contribution in [0.5, 0.6) is 0 Å². The van der Waals surface area contributed by atoms with Crippen LogP contribution in [0, 0.1) is 0 Å². The molecule has 1 aliphatic heterocycles. The number of carbonyl (C=O) groups excluding carboxylic acids is 1. The van der Waals surface area contributed by atoms with Crippen molar-refractivity contribution in [1.29, 1.82) is 0 Å². The van der Waals surface area contributed by atoms with Gasteiger partial charge in [0.05, 0.1) is 17.9 Å². The molecule has 0 N–H and O–H groups in total. The van der Waals surface area contributed by atoms with Gasteiger partial charge in [0, 0.05) is 31.3 Å². The standard InChI is InChI=1S/C13H15N5O2/c19-13(12-3-5-14-20-12)17-6-4-10(7-17)18-8-11(15-16-18)9-1-2-9/h3,5,8-10H,1-2,4,6-7H2. The van der Waals surface area contributed by atoms with Gasteiger partial charge in [0.1, 0.15) is 0 Å². The molecule has 1 amide bonds. The smallest absolute Gasteiger partial charge is 0.292 e. The molecule has 1 saturated heterocycles. The Bertz CT molecular complexity index is 617. The lowest BCUT2D eigenvalue weighted by Gasteiger charge is -2.14. The summed E-state index contributed by atoms with van der Waals surface area (Å²) >= 11 is 0. The van der Waals surface area contributed by atoms with Crippen LogP contribution in [0.3, 0.4) is 0 Å². The van der Waals surface area contributed by atoms with Gasteiger partial charge < -0.3 is 9.42 Å². The molecule has 1 aliphatic carbocycles. The van der Waals surface area contributed by atoms with E-state index >= 15 is 0 Å². The van der Waals surface area contributed by atoms with Gasteiger partial charge in [0.15, 0.2) is 0 Å². The van der Waals surface area contributed by atoms with E-state index in [1.165, 1.54) is 19.0 Å². The summed E-state index contributed by atoms with van der Waals surface area (Å²) in [6, 6.07) is 1.80. The molecule has 1 unspecified atom stereocenters. The normalized spacial score (nSPS) is 22.4. The van der Waals surface area contributed by atoms with Crippen LogP contribution in [0.15, 0.2) is 23.0 Å². The molecule has 1 saturated carbocycles. The SMILES string of the molecule is O=C(c1ccno1)N1CCC(n2cc(C3CC3)nn2)C1. The van der Waals surface area contributed by atoms with Gasteiger partial charge in [-0.15, -0.1) is 5.10 Å². The minimum Gasteiger partial charge on any atom is -0.351 e. The predicted octanol–water partition coefficient (Wildman–Crippen LogP) is 1.23. The van der Waals surface area contributed by atoms with E-state index in [-0.39, 0.29) is 11.9 Å². The highest BCUT2D eigenvalue weighted by Gasteiger charge is 2.32. The van der Waals surface area contributed by atoms with E-state index < -0.39 is 0 Å². The van der Waals surface area contributed by atoms with Crippen molar-refractivity contribution >= 4 is 5.91 Å². The summed E-state index contributed by atoms with van der Waals surface area (Å²) in [4.78, 5) is 13.9. The second-order valence-electron chi connectivity index (χ2n) is 5.47. The topological polar surface area (TPSA) is 77.0 Å². The average molecular weight is 273 g/mol. The molecular weight excluding hydrogens is 258 g/mol. The molecule has 20 heavy (non-hydrogen) atoms. The van der Waals surface area contributed by atoms with Crippen molar-refractivity contribution in [2.24, 2.45) is 0 Å². The molecule has 4 rings (SSSR count). The first-order valence-corrected chi connectivity index (χ1v) is 6.93. The zero-order chi connectivity index (χ0) is 13.5. The molecule has 2 fully saturated rings. The number of carbonyl (C=O) groups is 1. The van der Waals surface area contributed by atoms with Gasteiger partial charge in [-0.25, -0.2) is 4.68 Å². The quantitative estimate of drug-likeness (QED) is 0.840. The van der Waals surface area contributed by atoms with Crippen molar-refractivity contribution in [1.82, 2.24) is 25.1 Å². The van der Waals surface area contributed by atoms with Crippen LogP contribution >= 0.6 is 0 Å². The summed E-state index contributed by atoms with van der Waals surface area (Å²) in [5.41, 5.74) is 1.09. The first-order valence-electron chi connectivity index (χ1n) is 6.93. The van der Waals surface area contributed by atoms with E-state index in [9.17, 15) is 4.79 Å². The third kappa shape index (κ3) is 1.99. The van der Waals surface area contributed by atoms with E-state index in [0.29, 0.717) is 24.8 Å². The average Bonchev–Trinajstić information content (AvgIpc) is 2.98. The molecule has 0 radical (unpaired) electrons. The Hall–Kier alpha value is -2.18. The molecule has 0 bridgehead atoms. The van der Waals surface area contributed by atoms with E-state index in [1.54, 1.807) is 11.0 Å². The zero-order valence-electron chi connectivity index (χ0n) is 11.0. The number of hydrogen-bond donors (Lipinski definition) is 0. The van der Waals surface area contributed by atoms with Gasteiger partial charge in [-0.05, 0) is 19.3 Å². The monoisotopic (exact) mass is 273 g/mol. The number of hydrogen-bond acceptors (Lipinski definition) is 5. The molecule has 3 heterocycles. The minimum atomic E-state index is -0.104. The molecule has 1 atom stereocenters. The first-order chi connectivity index (χ1) is 9.81. The molecular formula is C13H15N5O2. The Morgan fingerprint density at radius 2 is 2.25 bits per heavy atom. The van der Waals surface area contributed by atoms with Gasteiger partial charge in [-0.3, -0.25) is 4.79 Å². The Balaban J connectivity index is 1.45. The van der Waals surface area contributed by atoms with Crippen LogP contribution in [-0.2, 0) is 0 Å². The lowest BCUT2D eigenvalue weighted by atomic mass is 10.2. The lowest BCUT2D eigenvalue weighted by Crippen LogP contribution is -2.28. The Kier molecular flexibility index (Phi) is 2.58. The maximum Gasteiger partial charge on any atom is 0.292 e. The number of likely N-dealkylation sites (tertiary alicyclic amines) is 1. The number of amides is 1. The number of nitrogens with zero attached hydrogens (tertiary/aromatic N) is 5. The molecule has 7 nitrogen and oxygen atoms in total. The third-order valence-electron chi connectivity index (χ3n) is 4.00. The van der Waals surface area contributed by atoms with Gasteiger partial charge in [-0.2, -0.15) is 0 Å². The second-order valence-corrected chi connectivity index (χ2v) is 5.47. The fourth-order valence-corrected chi connectivity index (χ4v) is 2.66. The number of rotatable bonds is 3. The van der Waals surface area contributed by atoms with Crippen LogP contribution in [0.25, 0.3) is 0 Å². The summed E-state index contributed by atoms with van der Waals surface area (Å²) < 4.78 is 6.82. The van der Waals surface area contributed by atoms with Crippen LogP contribution in [0.1, 0.15) is 47.5 Å².